The fraction of sp³-hybridized carbons (Fsp3) is 0.233. The van der Waals surface area contributed by atoms with Gasteiger partial charge in [0.1, 0.15) is 11.4 Å². The van der Waals surface area contributed by atoms with E-state index in [1.807, 2.05) is 68.0 Å². The second kappa shape index (κ2) is 8.62. The first-order valence-corrected chi connectivity index (χ1v) is 12.9. The number of hydrogen-bond acceptors (Lipinski definition) is 5. The first-order valence-electron chi connectivity index (χ1n) is 12.9. The predicted molar refractivity (Wildman–Crippen MR) is 146 cm³/mol. The number of carbonyl (C=O) groups excluding carboxylic acids is 1. The Balaban J connectivity index is 1.48. The number of aromatic nitrogens is 2. The monoisotopic (exact) mass is 488 g/mol. The van der Waals surface area contributed by atoms with Gasteiger partial charge in [-0.3, -0.25) is 14.7 Å². The lowest BCUT2D eigenvalue weighted by Crippen LogP contribution is -2.51. The number of hydrogen-bond donors (Lipinski definition) is 1. The van der Waals surface area contributed by atoms with Gasteiger partial charge in [-0.2, -0.15) is 0 Å². The Labute approximate surface area is 216 Å². The van der Waals surface area contributed by atoms with Crippen LogP contribution in [0.25, 0.3) is 0 Å². The molecule has 4 heterocycles. The van der Waals surface area contributed by atoms with Gasteiger partial charge in [-0.1, -0.05) is 48.5 Å². The topological polar surface area (TPSA) is 65.8 Å². The SMILES string of the molecule is CN1C(=O)c2c(cn(C(c3ccccc3)c3ccncc3)c2Nc2ccccc2)N2C1=N[C@@H]1CCC[C@@H]12. The third kappa shape index (κ3) is 3.45. The Morgan fingerprint density at radius 2 is 1.62 bits per heavy atom. The number of benzene rings is 2. The summed E-state index contributed by atoms with van der Waals surface area (Å²) in [6, 6.07) is 25.0. The molecule has 1 N–H and O–H groups in total. The van der Waals surface area contributed by atoms with E-state index >= 15 is 0 Å². The van der Waals surface area contributed by atoms with Crippen molar-refractivity contribution in [3.63, 3.8) is 0 Å². The molecular weight excluding hydrogens is 460 g/mol. The first kappa shape index (κ1) is 21.9. The summed E-state index contributed by atoms with van der Waals surface area (Å²) in [6.07, 6.45) is 9.12. The molecule has 7 rings (SSSR count). The summed E-state index contributed by atoms with van der Waals surface area (Å²) in [5.41, 5.74) is 4.78. The minimum absolute atomic E-state index is 0.0382. The standard InChI is InChI=1S/C30H28N6O/c1-34-29(37)26-25(36-24-14-8-13-23(24)33-30(34)36)19-35(28(26)32-22-11-6-3-7-12-22)27(20-9-4-2-5-10-20)21-15-17-31-18-16-21/h2-7,9-12,15-19,23-24,27,32H,8,13-14H2,1H3/t23-,24+,27?/m1/s1. The maximum atomic E-state index is 14.0. The second-order valence-electron chi connectivity index (χ2n) is 9.96. The van der Waals surface area contributed by atoms with Crippen molar-refractivity contribution in [1.29, 1.82) is 0 Å². The van der Waals surface area contributed by atoms with Crippen molar-refractivity contribution in [2.24, 2.45) is 4.99 Å². The smallest absolute Gasteiger partial charge is 0.266 e. The van der Waals surface area contributed by atoms with Crippen molar-refractivity contribution >= 4 is 29.1 Å². The number of rotatable bonds is 5. The molecule has 7 heteroatoms. The molecule has 37 heavy (non-hydrogen) atoms. The predicted octanol–water partition coefficient (Wildman–Crippen LogP) is 5.45. The van der Waals surface area contributed by atoms with E-state index < -0.39 is 0 Å². The van der Waals surface area contributed by atoms with Gasteiger partial charge < -0.3 is 14.8 Å². The van der Waals surface area contributed by atoms with Gasteiger partial charge >= 0.3 is 0 Å². The van der Waals surface area contributed by atoms with Crippen LogP contribution in [0.1, 0.15) is 46.8 Å². The number of para-hydroxylation sites is 1. The molecule has 4 aromatic rings. The molecule has 0 spiro atoms. The third-order valence-electron chi connectivity index (χ3n) is 7.81. The molecule has 1 aliphatic carbocycles. The summed E-state index contributed by atoms with van der Waals surface area (Å²) >= 11 is 0. The van der Waals surface area contributed by atoms with Crippen molar-refractivity contribution in [3.05, 3.63) is 108 Å². The van der Waals surface area contributed by atoms with Crippen molar-refractivity contribution in [2.45, 2.75) is 37.4 Å². The highest BCUT2D eigenvalue weighted by Crippen LogP contribution is 2.46. The lowest BCUT2D eigenvalue weighted by atomic mass is 9.99. The van der Waals surface area contributed by atoms with Gasteiger partial charge in [0, 0.05) is 31.3 Å². The van der Waals surface area contributed by atoms with Crippen LogP contribution in [-0.2, 0) is 0 Å². The Kier molecular flexibility index (Phi) is 5.09. The van der Waals surface area contributed by atoms with Gasteiger partial charge in [0.15, 0.2) is 0 Å². The molecule has 3 aliphatic rings. The summed E-state index contributed by atoms with van der Waals surface area (Å²) < 4.78 is 2.22. The fourth-order valence-electron chi connectivity index (χ4n) is 6.11. The zero-order valence-corrected chi connectivity index (χ0v) is 20.7. The van der Waals surface area contributed by atoms with Crippen LogP contribution in [0.5, 0.6) is 0 Å². The molecule has 1 unspecified atom stereocenters. The fourth-order valence-corrected chi connectivity index (χ4v) is 6.11. The molecule has 1 fully saturated rings. The first-order chi connectivity index (χ1) is 18.2. The molecule has 1 amide bonds. The summed E-state index contributed by atoms with van der Waals surface area (Å²) in [5, 5.41) is 3.62. The van der Waals surface area contributed by atoms with Gasteiger partial charge in [0.25, 0.3) is 5.91 Å². The van der Waals surface area contributed by atoms with Crippen molar-refractivity contribution in [2.75, 3.05) is 17.3 Å². The summed E-state index contributed by atoms with van der Waals surface area (Å²) in [7, 11) is 1.85. The summed E-state index contributed by atoms with van der Waals surface area (Å²) in [4.78, 5) is 27.3. The van der Waals surface area contributed by atoms with E-state index in [0.29, 0.717) is 11.6 Å². The van der Waals surface area contributed by atoms with E-state index in [1.165, 1.54) is 0 Å². The van der Waals surface area contributed by atoms with Gasteiger partial charge in [-0.15, -0.1) is 0 Å². The van der Waals surface area contributed by atoms with E-state index in [2.05, 4.69) is 50.2 Å². The Morgan fingerprint density at radius 3 is 2.38 bits per heavy atom. The number of aliphatic imine (C=N–C) groups is 1. The highest BCUT2D eigenvalue weighted by molar-refractivity contribution is 6.22. The lowest BCUT2D eigenvalue weighted by molar-refractivity contribution is 0.0866. The number of anilines is 3. The highest BCUT2D eigenvalue weighted by atomic mass is 16.2. The minimum Gasteiger partial charge on any atom is -0.341 e. The quantitative estimate of drug-likeness (QED) is 0.406. The average Bonchev–Trinajstić information content (AvgIpc) is 3.63. The summed E-state index contributed by atoms with van der Waals surface area (Å²) in [6.45, 7) is 0. The number of amides is 1. The molecule has 3 atom stereocenters. The van der Waals surface area contributed by atoms with Crippen molar-refractivity contribution in [1.82, 2.24) is 14.5 Å². The number of guanidine groups is 1. The molecule has 0 bridgehead atoms. The molecule has 0 saturated heterocycles. The molecule has 1 saturated carbocycles. The van der Waals surface area contributed by atoms with Crippen molar-refractivity contribution < 1.29 is 4.79 Å². The normalized spacial score (nSPS) is 20.8. The summed E-state index contributed by atoms with van der Waals surface area (Å²) in [5.74, 6) is 1.52. The molecule has 7 nitrogen and oxygen atoms in total. The van der Waals surface area contributed by atoms with Crippen LogP contribution in [0.2, 0.25) is 0 Å². The Hall–Kier alpha value is -4.39. The zero-order chi connectivity index (χ0) is 24.9. The third-order valence-corrected chi connectivity index (χ3v) is 7.81. The molecule has 2 aliphatic heterocycles. The number of nitrogens with one attached hydrogen (secondary N) is 1. The van der Waals surface area contributed by atoms with E-state index in [-0.39, 0.29) is 18.0 Å². The minimum atomic E-state index is -0.151. The van der Waals surface area contributed by atoms with Crippen molar-refractivity contribution in [3.8, 4) is 0 Å². The molecule has 2 aromatic heterocycles. The van der Waals surface area contributed by atoms with Crippen LogP contribution >= 0.6 is 0 Å². The lowest BCUT2D eigenvalue weighted by Gasteiger charge is -2.35. The molecule has 184 valence electrons. The molecular formula is C30H28N6O. The van der Waals surface area contributed by atoms with Crippen LogP contribution in [0, 0.1) is 0 Å². The van der Waals surface area contributed by atoms with E-state index in [4.69, 9.17) is 4.99 Å². The van der Waals surface area contributed by atoms with Crippen LogP contribution in [0.3, 0.4) is 0 Å². The number of fused-ring (bicyclic) bond motifs is 5. The van der Waals surface area contributed by atoms with E-state index in [0.717, 1.165) is 53.5 Å². The number of nitrogens with zero attached hydrogens (tertiary/aromatic N) is 5. The Morgan fingerprint density at radius 1 is 0.919 bits per heavy atom. The van der Waals surface area contributed by atoms with Crippen LogP contribution in [-0.4, -0.2) is 45.4 Å². The second-order valence-corrected chi connectivity index (χ2v) is 9.96. The molecule has 2 aromatic carbocycles. The maximum Gasteiger partial charge on any atom is 0.266 e. The largest absolute Gasteiger partial charge is 0.341 e. The Bertz CT molecular complexity index is 1440. The van der Waals surface area contributed by atoms with Crippen LogP contribution in [0.15, 0.2) is 96.4 Å². The molecule has 0 radical (unpaired) electrons. The van der Waals surface area contributed by atoms with Gasteiger partial charge in [0.2, 0.25) is 5.96 Å². The number of pyridine rings is 1. The van der Waals surface area contributed by atoms with Gasteiger partial charge in [-0.25, -0.2) is 4.99 Å². The van der Waals surface area contributed by atoms with E-state index in [1.54, 1.807) is 4.90 Å². The van der Waals surface area contributed by atoms with E-state index in [9.17, 15) is 4.79 Å². The van der Waals surface area contributed by atoms with Crippen LogP contribution in [0.4, 0.5) is 17.2 Å². The van der Waals surface area contributed by atoms with Gasteiger partial charge in [-0.05, 0) is 54.7 Å². The zero-order valence-electron chi connectivity index (χ0n) is 20.7. The van der Waals surface area contributed by atoms with Crippen LogP contribution < -0.4 is 10.2 Å². The average molecular weight is 489 g/mol. The maximum absolute atomic E-state index is 14.0. The van der Waals surface area contributed by atoms with Gasteiger partial charge in [0.05, 0.1) is 23.8 Å². The number of carbonyl (C=O) groups is 1. The highest BCUT2D eigenvalue weighted by Gasteiger charge is 2.48.